The highest BCUT2D eigenvalue weighted by atomic mass is 32.1. The fourth-order valence-corrected chi connectivity index (χ4v) is 5.30. The van der Waals surface area contributed by atoms with E-state index in [0.29, 0.717) is 26.7 Å². The van der Waals surface area contributed by atoms with Crippen molar-refractivity contribution in [1.29, 1.82) is 0 Å². The number of phenolic OH excluding ortho intramolecular Hbond substituents is 1. The van der Waals surface area contributed by atoms with Gasteiger partial charge in [-0.15, -0.1) is 0 Å². The van der Waals surface area contributed by atoms with Gasteiger partial charge in [-0.25, -0.2) is 9.37 Å². The Bertz CT molecular complexity index is 1690. The quantitative estimate of drug-likeness (QED) is 0.395. The van der Waals surface area contributed by atoms with E-state index in [1.807, 2.05) is 0 Å². The number of aromatic hydroxyl groups is 1. The Morgan fingerprint density at radius 1 is 1.12 bits per heavy atom. The van der Waals surface area contributed by atoms with Gasteiger partial charge in [-0.3, -0.25) is 14.5 Å². The lowest BCUT2D eigenvalue weighted by Crippen LogP contribution is -2.29. The fraction of sp³-hybridized carbons (Fsp3) is 0.0800. The molecule has 1 aliphatic rings. The van der Waals surface area contributed by atoms with Crippen LogP contribution < -0.4 is 15.1 Å². The number of carbonyl (C=O) groups is 1. The number of anilines is 1. The molecule has 7 nitrogen and oxygen atoms in total. The zero-order valence-corrected chi connectivity index (χ0v) is 18.4. The maximum absolute atomic E-state index is 13.8. The number of phenols is 1. The number of para-hydroxylation sites is 1. The first-order valence-electron chi connectivity index (χ1n) is 10.3. The van der Waals surface area contributed by atoms with Crippen LogP contribution in [0.5, 0.6) is 11.5 Å². The van der Waals surface area contributed by atoms with E-state index in [4.69, 9.17) is 9.15 Å². The molecular weight excluding hydrogens is 459 g/mol. The molecule has 5 aromatic rings. The smallest absolute Gasteiger partial charge is 0.297 e. The number of amides is 1. The second-order valence-corrected chi connectivity index (χ2v) is 8.80. The zero-order chi connectivity index (χ0) is 23.6. The average Bonchev–Trinajstić information content (AvgIpc) is 3.38. The molecule has 1 aliphatic heterocycles. The molecule has 0 unspecified atom stereocenters. The lowest BCUT2D eigenvalue weighted by atomic mass is 9.98. The van der Waals surface area contributed by atoms with Crippen LogP contribution in [0.1, 0.15) is 27.7 Å². The third-order valence-electron chi connectivity index (χ3n) is 5.84. The maximum atomic E-state index is 13.8. The van der Waals surface area contributed by atoms with E-state index in [-0.39, 0.29) is 33.4 Å². The molecule has 1 N–H and O–H groups in total. The van der Waals surface area contributed by atoms with Crippen molar-refractivity contribution in [3.8, 4) is 11.5 Å². The SMILES string of the molecule is COc1cc([C@H]2c3c(oc4ccccc4c3=O)C(=O)N2c2nc3ccc(F)cc3s2)ccc1O. The molecule has 6 rings (SSSR count). The molecule has 9 heteroatoms. The zero-order valence-electron chi connectivity index (χ0n) is 17.6. The first-order chi connectivity index (χ1) is 16.5. The van der Waals surface area contributed by atoms with Gasteiger partial charge in [0.15, 0.2) is 22.1 Å². The Morgan fingerprint density at radius 2 is 1.94 bits per heavy atom. The average molecular weight is 474 g/mol. The standard InChI is InChI=1S/C25H15FN2O5S/c1-32-18-10-12(6-9-16(18)29)21-20-22(30)14-4-2-3-5-17(14)33-23(20)24(31)28(21)25-27-15-8-7-13(26)11-19(15)34-25/h2-11,21,29H,1H3/t21-/m0/s1. The predicted molar refractivity (Wildman–Crippen MR) is 125 cm³/mol. The first kappa shape index (κ1) is 20.4. The Balaban J connectivity index is 1.64. The molecule has 2 aromatic heterocycles. The number of aromatic nitrogens is 1. The molecule has 1 atom stereocenters. The van der Waals surface area contributed by atoms with Crippen LogP contribution in [-0.4, -0.2) is 23.1 Å². The van der Waals surface area contributed by atoms with Gasteiger partial charge in [0.05, 0.1) is 34.3 Å². The van der Waals surface area contributed by atoms with Crippen molar-refractivity contribution in [2.24, 2.45) is 0 Å². The van der Waals surface area contributed by atoms with E-state index in [9.17, 15) is 19.1 Å². The largest absolute Gasteiger partial charge is 0.504 e. The number of benzene rings is 3. The number of hydrogen-bond acceptors (Lipinski definition) is 7. The topological polar surface area (TPSA) is 92.9 Å². The Hall–Kier alpha value is -4.24. The van der Waals surface area contributed by atoms with Crippen molar-refractivity contribution >= 4 is 43.6 Å². The molecular formula is C25H15FN2O5S. The van der Waals surface area contributed by atoms with Crippen LogP contribution in [0.25, 0.3) is 21.2 Å². The Kier molecular flexibility index (Phi) is 4.43. The minimum absolute atomic E-state index is 0.0776. The van der Waals surface area contributed by atoms with Crippen LogP contribution in [0.3, 0.4) is 0 Å². The Morgan fingerprint density at radius 3 is 2.76 bits per heavy atom. The highest BCUT2D eigenvalue weighted by molar-refractivity contribution is 7.22. The van der Waals surface area contributed by atoms with E-state index in [2.05, 4.69) is 4.98 Å². The van der Waals surface area contributed by atoms with Crippen molar-refractivity contribution in [3.63, 3.8) is 0 Å². The molecule has 3 aromatic carbocycles. The molecule has 1 amide bonds. The Labute approximate surface area is 195 Å². The summed E-state index contributed by atoms with van der Waals surface area (Å²) in [5.41, 5.74) is 1.18. The summed E-state index contributed by atoms with van der Waals surface area (Å²) in [5, 5.41) is 10.7. The van der Waals surface area contributed by atoms with Crippen LogP contribution in [0, 0.1) is 5.82 Å². The lowest BCUT2D eigenvalue weighted by molar-refractivity contribution is 0.0971. The second-order valence-electron chi connectivity index (χ2n) is 7.79. The van der Waals surface area contributed by atoms with E-state index in [0.717, 1.165) is 11.3 Å². The number of ether oxygens (including phenoxy) is 1. The number of fused-ring (bicyclic) bond motifs is 3. The third-order valence-corrected chi connectivity index (χ3v) is 6.86. The predicted octanol–water partition coefficient (Wildman–Crippen LogP) is 5.01. The molecule has 0 saturated heterocycles. The summed E-state index contributed by atoms with van der Waals surface area (Å²) in [6, 6.07) is 14.6. The number of nitrogens with zero attached hydrogens (tertiary/aromatic N) is 2. The fourth-order valence-electron chi connectivity index (χ4n) is 4.29. The molecule has 0 spiro atoms. The highest BCUT2D eigenvalue weighted by Gasteiger charge is 2.45. The minimum atomic E-state index is -0.886. The number of rotatable bonds is 3. The second kappa shape index (κ2) is 7.39. The van der Waals surface area contributed by atoms with Crippen molar-refractivity contribution in [3.05, 3.63) is 93.6 Å². The minimum Gasteiger partial charge on any atom is -0.504 e. The number of thiazole rings is 1. The summed E-state index contributed by atoms with van der Waals surface area (Å²) in [4.78, 5) is 33.1. The van der Waals surface area contributed by atoms with Crippen LogP contribution >= 0.6 is 11.3 Å². The maximum Gasteiger partial charge on any atom is 0.297 e. The van der Waals surface area contributed by atoms with E-state index < -0.39 is 17.8 Å². The number of hydrogen-bond donors (Lipinski definition) is 1. The van der Waals surface area contributed by atoms with Crippen LogP contribution in [0.2, 0.25) is 0 Å². The summed E-state index contributed by atoms with van der Waals surface area (Å²) < 4.78 is 25.5. The van der Waals surface area contributed by atoms with Gasteiger partial charge >= 0.3 is 0 Å². The molecule has 0 radical (unpaired) electrons. The summed E-state index contributed by atoms with van der Waals surface area (Å²) in [6.07, 6.45) is 0. The molecule has 0 bridgehead atoms. The summed E-state index contributed by atoms with van der Waals surface area (Å²) in [7, 11) is 1.41. The van der Waals surface area contributed by atoms with Gasteiger partial charge in [0.2, 0.25) is 5.76 Å². The van der Waals surface area contributed by atoms with Crippen LogP contribution in [0.15, 0.2) is 69.9 Å². The summed E-state index contributed by atoms with van der Waals surface area (Å²) in [6.45, 7) is 0. The number of methoxy groups -OCH3 is 1. The van der Waals surface area contributed by atoms with Gasteiger partial charge in [-0.2, -0.15) is 0 Å². The normalized spacial score (nSPS) is 15.3. The van der Waals surface area contributed by atoms with E-state index >= 15 is 0 Å². The lowest BCUT2D eigenvalue weighted by Gasteiger charge is -2.23. The van der Waals surface area contributed by atoms with Gasteiger partial charge in [0, 0.05) is 0 Å². The molecule has 0 aliphatic carbocycles. The van der Waals surface area contributed by atoms with Gasteiger partial charge in [-0.05, 0) is 48.0 Å². The molecule has 0 saturated carbocycles. The molecule has 34 heavy (non-hydrogen) atoms. The monoisotopic (exact) mass is 474 g/mol. The van der Waals surface area contributed by atoms with Crippen LogP contribution in [0.4, 0.5) is 9.52 Å². The number of halogens is 1. The summed E-state index contributed by atoms with van der Waals surface area (Å²) in [5.74, 6) is -0.916. The van der Waals surface area contributed by atoms with Crippen molar-refractivity contribution < 1.29 is 23.4 Å². The van der Waals surface area contributed by atoms with Gasteiger partial charge in [-0.1, -0.05) is 29.5 Å². The van der Waals surface area contributed by atoms with Gasteiger partial charge in [0.1, 0.15) is 11.4 Å². The molecule has 3 heterocycles. The number of carbonyl (C=O) groups excluding carboxylic acids is 1. The molecule has 168 valence electrons. The first-order valence-corrected chi connectivity index (χ1v) is 11.1. The van der Waals surface area contributed by atoms with E-state index in [1.165, 1.54) is 36.3 Å². The van der Waals surface area contributed by atoms with E-state index in [1.54, 1.807) is 36.4 Å². The van der Waals surface area contributed by atoms with Crippen molar-refractivity contribution in [1.82, 2.24) is 4.98 Å². The molecule has 0 fully saturated rings. The van der Waals surface area contributed by atoms with Crippen molar-refractivity contribution in [2.75, 3.05) is 12.0 Å². The third kappa shape index (κ3) is 2.90. The summed E-state index contributed by atoms with van der Waals surface area (Å²) >= 11 is 1.13. The van der Waals surface area contributed by atoms with Gasteiger partial charge < -0.3 is 14.3 Å². The van der Waals surface area contributed by atoms with Crippen molar-refractivity contribution in [2.45, 2.75) is 6.04 Å². The highest BCUT2D eigenvalue weighted by Crippen LogP contribution is 2.45. The van der Waals surface area contributed by atoms with Crippen LogP contribution in [-0.2, 0) is 0 Å². The van der Waals surface area contributed by atoms with Gasteiger partial charge in [0.25, 0.3) is 5.91 Å².